The van der Waals surface area contributed by atoms with Gasteiger partial charge in [0, 0.05) is 11.6 Å². The topological polar surface area (TPSA) is 101 Å². The summed E-state index contributed by atoms with van der Waals surface area (Å²) >= 11 is 1.28. The van der Waals surface area contributed by atoms with Crippen molar-refractivity contribution in [2.45, 2.75) is 11.7 Å². The Hall–Kier alpha value is -3.92. The summed E-state index contributed by atoms with van der Waals surface area (Å²) in [4.78, 5) is 12.7. The highest BCUT2D eigenvalue weighted by Crippen LogP contribution is 2.30. The molecule has 34 heavy (non-hydrogen) atoms. The van der Waals surface area contributed by atoms with Gasteiger partial charge >= 0.3 is 0 Å². The van der Waals surface area contributed by atoms with Crippen LogP contribution in [0.3, 0.4) is 0 Å². The van der Waals surface area contributed by atoms with E-state index in [0.717, 1.165) is 11.3 Å². The van der Waals surface area contributed by atoms with E-state index in [4.69, 9.17) is 18.6 Å². The Morgan fingerprint density at radius 2 is 1.82 bits per heavy atom. The molecule has 2 heterocycles. The van der Waals surface area contributed by atoms with Crippen LogP contribution in [0.2, 0.25) is 0 Å². The summed E-state index contributed by atoms with van der Waals surface area (Å²) in [7, 11) is 4.73. The molecule has 0 spiro atoms. The van der Waals surface area contributed by atoms with Crippen molar-refractivity contribution in [3.8, 4) is 28.6 Å². The number of carbonyl (C=O) groups is 1. The van der Waals surface area contributed by atoms with Crippen molar-refractivity contribution in [3.05, 3.63) is 66.6 Å². The fraction of sp³-hybridized carbons (Fsp3) is 0.208. The monoisotopic (exact) mass is 480 g/mol. The lowest BCUT2D eigenvalue weighted by Gasteiger charge is -2.12. The van der Waals surface area contributed by atoms with Crippen LogP contribution in [0.4, 0.5) is 5.69 Å². The number of hydrogen-bond acceptors (Lipinski definition) is 8. The van der Waals surface area contributed by atoms with Gasteiger partial charge in [-0.3, -0.25) is 9.36 Å². The van der Waals surface area contributed by atoms with E-state index in [2.05, 4.69) is 15.5 Å². The van der Waals surface area contributed by atoms with E-state index in [1.807, 2.05) is 41.0 Å². The molecule has 10 heteroatoms. The van der Waals surface area contributed by atoms with Gasteiger partial charge in [-0.15, -0.1) is 10.2 Å². The molecular formula is C24H24N4O5S. The predicted molar refractivity (Wildman–Crippen MR) is 129 cm³/mol. The summed E-state index contributed by atoms with van der Waals surface area (Å²) in [6.45, 7) is 0.419. The van der Waals surface area contributed by atoms with Crippen LogP contribution in [-0.2, 0) is 11.3 Å². The molecule has 4 aromatic rings. The number of methoxy groups -OCH3 is 3. The zero-order chi connectivity index (χ0) is 23.9. The number of rotatable bonds is 10. The molecule has 0 aliphatic heterocycles. The number of hydrogen-bond donors (Lipinski definition) is 1. The summed E-state index contributed by atoms with van der Waals surface area (Å²) in [5, 5.41) is 12.2. The highest BCUT2D eigenvalue weighted by Gasteiger charge is 2.18. The molecule has 0 saturated carbocycles. The van der Waals surface area contributed by atoms with Gasteiger partial charge in [0.25, 0.3) is 0 Å². The van der Waals surface area contributed by atoms with E-state index in [1.54, 1.807) is 38.7 Å². The van der Waals surface area contributed by atoms with Crippen LogP contribution in [-0.4, -0.2) is 47.8 Å². The first-order valence-electron chi connectivity index (χ1n) is 10.4. The third kappa shape index (κ3) is 5.34. The molecule has 1 N–H and O–H groups in total. The number of nitrogens with one attached hydrogen (secondary N) is 1. The molecule has 4 rings (SSSR count). The van der Waals surface area contributed by atoms with Gasteiger partial charge in [-0.2, -0.15) is 0 Å². The van der Waals surface area contributed by atoms with Crippen molar-refractivity contribution < 1.29 is 23.4 Å². The number of amides is 1. The maximum atomic E-state index is 12.7. The van der Waals surface area contributed by atoms with Gasteiger partial charge in [0.1, 0.15) is 23.0 Å². The number of anilines is 1. The molecule has 0 bridgehead atoms. The van der Waals surface area contributed by atoms with E-state index >= 15 is 0 Å². The van der Waals surface area contributed by atoms with Gasteiger partial charge in [0.2, 0.25) is 5.91 Å². The molecule has 176 valence electrons. The molecule has 0 fully saturated rings. The second-order valence-electron chi connectivity index (χ2n) is 7.11. The number of nitrogens with zero attached hydrogens (tertiary/aromatic N) is 3. The minimum absolute atomic E-state index is 0.129. The minimum atomic E-state index is -0.205. The number of ether oxygens (including phenoxy) is 3. The van der Waals surface area contributed by atoms with E-state index in [9.17, 15) is 4.79 Å². The zero-order valence-electron chi connectivity index (χ0n) is 19.0. The molecule has 0 atom stereocenters. The normalized spacial score (nSPS) is 10.7. The van der Waals surface area contributed by atoms with Crippen molar-refractivity contribution in [1.29, 1.82) is 0 Å². The molecule has 0 aliphatic carbocycles. The first-order chi connectivity index (χ1) is 16.6. The number of furan rings is 1. The third-order valence-electron chi connectivity index (χ3n) is 4.95. The lowest BCUT2D eigenvalue weighted by Crippen LogP contribution is -2.15. The van der Waals surface area contributed by atoms with Crippen molar-refractivity contribution in [3.63, 3.8) is 0 Å². The second-order valence-corrected chi connectivity index (χ2v) is 8.05. The Balaban J connectivity index is 1.53. The fourth-order valence-corrected chi connectivity index (χ4v) is 4.03. The van der Waals surface area contributed by atoms with Crippen molar-refractivity contribution in [2.75, 3.05) is 32.4 Å². The fourth-order valence-electron chi connectivity index (χ4n) is 3.29. The summed E-state index contributed by atoms with van der Waals surface area (Å²) in [5.74, 6) is 3.19. The van der Waals surface area contributed by atoms with Crippen LogP contribution in [0.25, 0.3) is 11.4 Å². The standard InChI is InChI=1S/C24H24N4O5S/c1-30-17-7-4-6-16(12-17)23-26-27-24(28(23)14-19-8-5-11-33-19)34-15-22(29)25-20-10-9-18(31-2)13-21(20)32-3/h4-13H,14-15H2,1-3H3,(H,25,29). The van der Waals surface area contributed by atoms with E-state index in [0.29, 0.717) is 40.5 Å². The molecule has 0 unspecified atom stereocenters. The Morgan fingerprint density at radius 3 is 2.56 bits per heavy atom. The van der Waals surface area contributed by atoms with Crippen molar-refractivity contribution >= 4 is 23.4 Å². The quantitative estimate of drug-likeness (QED) is 0.335. The highest BCUT2D eigenvalue weighted by molar-refractivity contribution is 7.99. The molecule has 0 radical (unpaired) electrons. The first kappa shape index (κ1) is 23.2. The number of carbonyl (C=O) groups excluding carboxylic acids is 1. The largest absolute Gasteiger partial charge is 0.497 e. The molecule has 0 saturated heterocycles. The summed E-state index contributed by atoms with van der Waals surface area (Å²) < 4.78 is 23.3. The maximum Gasteiger partial charge on any atom is 0.234 e. The molecule has 2 aromatic carbocycles. The lowest BCUT2D eigenvalue weighted by atomic mass is 10.2. The van der Waals surface area contributed by atoms with Crippen LogP contribution < -0.4 is 19.5 Å². The first-order valence-corrected chi connectivity index (χ1v) is 11.3. The van der Waals surface area contributed by atoms with Gasteiger partial charge < -0.3 is 23.9 Å². The molecule has 1 amide bonds. The molecule has 0 aliphatic rings. The van der Waals surface area contributed by atoms with Gasteiger partial charge in [0.05, 0.1) is 45.6 Å². The van der Waals surface area contributed by atoms with Gasteiger partial charge in [-0.05, 0) is 36.4 Å². The van der Waals surface area contributed by atoms with Gasteiger partial charge in [-0.1, -0.05) is 23.9 Å². The van der Waals surface area contributed by atoms with Gasteiger partial charge in [0.15, 0.2) is 11.0 Å². The van der Waals surface area contributed by atoms with Crippen LogP contribution in [0, 0.1) is 0 Å². The van der Waals surface area contributed by atoms with Crippen molar-refractivity contribution in [2.24, 2.45) is 0 Å². The van der Waals surface area contributed by atoms with Crippen LogP contribution in [0.15, 0.2) is 70.4 Å². The molecule has 2 aromatic heterocycles. The maximum absolute atomic E-state index is 12.7. The van der Waals surface area contributed by atoms with Crippen molar-refractivity contribution in [1.82, 2.24) is 14.8 Å². The Bertz CT molecular complexity index is 1260. The third-order valence-corrected chi connectivity index (χ3v) is 5.92. The Morgan fingerprint density at radius 1 is 1.00 bits per heavy atom. The summed E-state index contributed by atoms with van der Waals surface area (Å²) in [6.07, 6.45) is 1.62. The average molecular weight is 481 g/mol. The molecule has 9 nitrogen and oxygen atoms in total. The predicted octanol–water partition coefficient (Wildman–Crippen LogP) is 4.34. The lowest BCUT2D eigenvalue weighted by molar-refractivity contribution is -0.113. The summed E-state index contributed by atoms with van der Waals surface area (Å²) in [5.41, 5.74) is 1.40. The number of thioether (sulfide) groups is 1. The SMILES string of the molecule is COc1cccc(-c2nnc(SCC(=O)Nc3ccc(OC)cc3OC)n2Cc2ccco2)c1. The number of benzene rings is 2. The van der Waals surface area contributed by atoms with Gasteiger partial charge in [-0.25, -0.2) is 0 Å². The van der Waals surface area contributed by atoms with E-state index in [1.165, 1.54) is 18.9 Å². The van der Waals surface area contributed by atoms with E-state index in [-0.39, 0.29) is 11.7 Å². The van der Waals surface area contributed by atoms with Crippen LogP contribution >= 0.6 is 11.8 Å². The summed E-state index contributed by atoms with van der Waals surface area (Å²) in [6, 6.07) is 16.5. The number of aromatic nitrogens is 3. The average Bonchev–Trinajstić information content (AvgIpc) is 3.53. The van der Waals surface area contributed by atoms with Crippen LogP contribution in [0.1, 0.15) is 5.76 Å². The Labute approximate surface area is 201 Å². The second kappa shape index (κ2) is 10.8. The van der Waals surface area contributed by atoms with E-state index < -0.39 is 0 Å². The minimum Gasteiger partial charge on any atom is -0.497 e. The molecular weight excluding hydrogens is 456 g/mol. The van der Waals surface area contributed by atoms with Crippen LogP contribution in [0.5, 0.6) is 17.2 Å². The highest BCUT2D eigenvalue weighted by atomic mass is 32.2. The Kier molecular flexibility index (Phi) is 7.38. The smallest absolute Gasteiger partial charge is 0.234 e. The zero-order valence-corrected chi connectivity index (χ0v) is 19.8.